The first kappa shape index (κ1) is 42.7. The number of rotatable bonds is 4. The van der Waals surface area contributed by atoms with Gasteiger partial charge in [-0.3, -0.25) is 9.97 Å². The maximum Gasteiger partial charge on any atom is 0.407 e. The van der Waals surface area contributed by atoms with Crippen molar-refractivity contribution in [2.75, 3.05) is 13.1 Å². The predicted octanol–water partition coefficient (Wildman–Crippen LogP) is 12.9. The summed E-state index contributed by atoms with van der Waals surface area (Å²) < 4.78 is 0. The molecule has 2 atom stereocenters. The van der Waals surface area contributed by atoms with Crippen molar-refractivity contribution in [1.29, 1.82) is 0 Å². The van der Waals surface area contributed by atoms with Gasteiger partial charge in [0.15, 0.2) is 0 Å². The van der Waals surface area contributed by atoms with Crippen molar-refractivity contribution in [2.24, 2.45) is 0 Å². The molecule has 4 heterocycles. The zero-order valence-corrected chi connectivity index (χ0v) is 38.0. The Balaban J connectivity index is 0.947. The summed E-state index contributed by atoms with van der Waals surface area (Å²) in [6, 6.07) is 36.6. The molecule has 0 bridgehead atoms. The first-order valence-electron chi connectivity index (χ1n) is 22.5. The molecule has 0 saturated carbocycles. The van der Waals surface area contributed by atoms with E-state index in [2.05, 4.69) is 98.8 Å². The number of hydrogen-bond acceptors (Lipinski definition) is 4. The molecule has 0 spiro atoms. The molecule has 2 aromatic heterocycles. The summed E-state index contributed by atoms with van der Waals surface area (Å²) in [5.41, 5.74) is 17.2. The van der Waals surface area contributed by atoms with Gasteiger partial charge in [-0.05, 0) is 143 Å². The van der Waals surface area contributed by atoms with E-state index in [1.165, 1.54) is 33.4 Å². The molecule has 65 heavy (non-hydrogen) atoms. The van der Waals surface area contributed by atoms with E-state index in [-0.39, 0.29) is 12.1 Å². The van der Waals surface area contributed by atoms with E-state index < -0.39 is 17.6 Å². The zero-order valence-electron chi connectivity index (χ0n) is 36.5. The van der Waals surface area contributed by atoms with E-state index in [1.807, 2.05) is 36.7 Å². The van der Waals surface area contributed by atoms with E-state index >= 15 is 0 Å². The second kappa shape index (κ2) is 17.3. The Kier molecular flexibility index (Phi) is 11.4. The van der Waals surface area contributed by atoms with Gasteiger partial charge < -0.3 is 20.0 Å². The number of fused-ring (bicyclic) bond motifs is 4. The fourth-order valence-corrected chi connectivity index (χ4v) is 11.3. The van der Waals surface area contributed by atoms with Gasteiger partial charge in [-0.2, -0.15) is 0 Å². The van der Waals surface area contributed by atoms with E-state index in [0.29, 0.717) is 48.8 Å². The molecule has 10 heteroatoms. The molecule has 2 fully saturated rings. The summed E-state index contributed by atoms with van der Waals surface area (Å²) in [7, 11) is 0. The number of benzene rings is 4. The molecule has 328 valence electrons. The molecule has 2 unspecified atom stereocenters. The van der Waals surface area contributed by atoms with Crippen molar-refractivity contribution in [1.82, 2.24) is 19.8 Å². The number of likely N-dealkylation sites (tertiary alicyclic amines) is 2. The Morgan fingerprint density at radius 3 is 1.35 bits per heavy atom. The molecule has 2 saturated heterocycles. The minimum Gasteiger partial charge on any atom is -0.465 e. The average Bonchev–Trinajstić information content (AvgIpc) is 3.59. The van der Waals surface area contributed by atoms with Gasteiger partial charge in [-0.15, -0.1) is 0 Å². The van der Waals surface area contributed by atoms with E-state index in [4.69, 9.17) is 33.2 Å². The van der Waals surface area contributed by atoms with Crippen LogP contribution < -0.4 is 0 Å². The summed E-state index contributed by atoms with van der Waals surface area (Å²) in [5, 5.41) is 22.4. The molecule has 8 nitrogen and oxygen atoms in total. The van der Waals surface area contributed by atoms with Gasteiger partial charge in [-0.25, -0.2) is 9.59 Å². The highest BCUT2D eigenvalue weighted by atomic mass is 35.5. The van der Waals surface area contributed by atoms with E-state index in [1.54, 1.807) is 9.80 Å². The highest BCUT2D eigenvalue weighted by Gasteiger charge is 2.36. The topological polar surface area (TPSA) is 107 Å². The Labute approximate surface area is 389 Å². The number of hydrogen-bond donors (Lipinski definition) is 2. The van der Waals surface area contributed by atoms with Crippen LogP contribution >= 0.6 is 23.2 Å². The molecule has 6 aromatic rings. The number of halogens is 2. The van der Waals surface area contributed by atoms with Crippen molar-refractivity contribution in [3.63, 3.8) is 0 Å². The van der Waals surface area contributed by atoms with E-state index in [9.17, 15) is 19.8 Å². The lowest BCUT2D eigenvalue weighted by molar-refractivity contribution is 0.115. The molecule has 10 rings (SSSR count). The zero-order chi connectivity index (χ0) is 45.0. The summed E-state index contributed by atoms with van der Waals surface area (Å²) in [4.78, 5) is 38.5. The number of nitrogens with zero attached hydrogens (tertiary/aromatic N) is 4. The van der Waals surface area contributed by atoms with Crippen LogP contribution in [0.2, 0.25) is 10.0 Å². The Morgan fingerprint density at radius 1 is 0.554 bits per heavy atom. The van der Waals surface area contributed by atoms with Crippen molar-refractivity contribution in [2.45, 2.75) is 82.7 Å². The molecule has 2 aliphatic heterocycles. The van der Waals surface area contributed by atoms with Crippen LogP contribution in [0.5, 0.6) is 0 Å². The first-order chi connectivity index (χ1) is 31.4. The minimum atomic E-state index is -0.927. The third kappa shape index (κ3) is 8.01. The maximum atomic E-state index is 12.8. The number of carbonyl (C=O) groups is 2. The van der Waals surface area contributed by atoms with Crippen LogP contribution in [0, 0.1) is 0 Å². The third-order valence-electron chi connectivity index (χ3n) is 14.4. The summed E-state index contributed by atoms with van der Waals surface area (Å²) >= 11 is 13.0. The maximum absolute atomic E-state index is 12.8. The highest BCUT2D eigenvalue weighted by molar-refractivity contribution is 6.31. The lowest BCUT2D eigenvalue weighted by Crippen LogP contribution is -2.38. The van der Waals surface area contributed by atoms with Crippen LogP contribution in [-0.2, 0) is 31.1 Å². The summed E-state index contributed by atoms with van der Waals surface area (Å²) in [6.45, 7) is 5.15. The van der Waals surface area contributed by atoms with Gasteiger partial charge in [0.2, 0.25) is 0 Å². The third-order valence-corrected chi connectivity index (χ3v) is 14.9. The van der Waals surface area contributed by atoms with Gasteiger partial charge in [0, 0.05) is 52.1 Å². The van der Waals surface area contributed by atoms with Gasteiger partial charge in [-0.1, -0.05) is 121 Å². The molecule has 0 radical (unpaired) electrons. The number of pyridine rings is 2. The minimum absolute atomic E-state index is 0.368. The second-order valence-corrected chi connectivity index (χ2v) is 19.2. The van der Waals surface area contributed by atoms with Crippen LogP contribution in [0.3, 0.4) is 0 Å². The number of piperidine rings is 2. The Bertz CT molecular complexity index is 2730. The quantitative estimate of drug-likeness (QED) is 0.182. The largest absolute Gasteiger partial charge is 0.465 e. The Morgan fingerprint density at radius 2 is 0.954 bits per heavy atom. The average molecular weight is 902 g/mol. The van der Waals surface area contributed by atoms with Crippen LogP contribution in [-0.4, -0.2) is 55.3 Å². The molecular formula is C55H50Cl2N4O4. The van der Waals surface area contributed by atoms with Crippen LogP contribution in [0.15, 0.2) is 133 Å². The first-order valence-corrected chi connectivity index (χ1v) is 23.3. The number of carboxylic acid groups (broad SMARTS) is 2. The van der Waals surface area contributed by atoms with Gasteiger partial charge in [0.25, 0.3) is 0 Å². The summed E-state index contributed by atoms with van der Waals surface area (Å²) in [5.74, 6) is 0. The fourth-order valence-electron chi connectivity index (χ4n) is 10.9. The molecule has 4 aliphatic rings. The van der Waals surface area contributed by atoms with Crippen molar-refractivity contribution in [3.8, 4) is 0 Å². The molecule has 4 aromatic carbocycles. The smallest absolute Gasteiger partial charge is 0.407 e. The Hall–Kier alpha value is -6.22. The monoisotopic (exact) mass is 900 g/mol. The molecule has 2 N–H and O–H groups in total. The molecular weight excluding hydrogens is 852 g/mol. The number of aryl methyl sites for hydroxylation is 4. The van der Waals surface area contributed by atoms with Crippen molar-refractivity contribution >= 4 is 46.5 Å². The summed E-state index contributed by atoms with van der Waals surface area (Å²) in [6.07, 6.45) is 7.62. The van der Waals surface area contributed by atoms with Crippen LogP contribution in [0.25, 0.3) is 11.1 Å². The van der Waals surface area contributed by atoms with Crippen LogP contribution in [0.1, 0.15) is 119 Å². The van der Waals surface area contributed by atoms with Gasteiger partial charge in [0.1, 0.15) is 0 Å². The van der Waals surface area contributed by atoms with Crippen LogP contribution in [0.4, 0.5) is 9.59 Å². The van der Waals surface area contributed by atoms with Gasteiger partial charge in [0.05, 0.1) is 23.5 Å². The predicted molar refractivity (Wildman–Crippen MR) is 257 cm³/mol. The van der Waals surface area contributed by atoms with E-state index in [0.717, 1.165) is 81.6 Å². The lowest BCUT2D eigenvalue weighted by atomic mass is 9.76. The standard InChI is InChI=1S/C55H50Cl2N4O4/c1-55(2,41-15-11-33(12-16-41)47-31-39(23-27-60(47)53(62)63)49-45-21-19-43(56)29-37(45)9-7-35-5-3-25-58-51(35)49)42-17-13-34(14-18-42)48-32-40(24-28-61(48)54(64)65)50-46-22-20-44(57)30-38(46)10-8-36-6-4-26-59-52(36)50/h3-6,11-22,25-26,29-30,47-48H,7-10,23-24,27-28,31-32H2,1-2H3,(H,62,63)(H,64,65). The molecule has 2 aliphatic carbocycles. The SMILES string of the molecule is CC(C)(c1ccc(C2CC(=C3c4ccc(Cl)cc4CCc4cccnc43)CCN2C(=O)O)cc1)c1ccc(C2CC(=C3c4ccc(Cl)cc4CCc4cccnc43)CCN2C(=O)O)cc1. The highest BCUT2D eigenvalue weighted by Crippen LogP contribution is 2.46. The fraction of sp³-hybridized carbons (Fsp3) is 0.273. The van der Waals surface area contributed by atoms with Gasteiger partial charge >= 0.3 is 12.2 Å². The number of aromatic nitrogens is 2. The molecule has 2 amide bonds. The van der Waals surface area contributed by atoms with Crippen molar-refractivity contribution < 1.29 is 19.8 Å². The lowest BCUT2D eigenvalue weighted by Gasteiger charge is -2.37. The van der Waals surface area contributed by atoms with Crippen molar-refractivity contribution in [3.05, 3.63) is 210 Å². The number of amides is 2. The second-order valence-electron chi connectivity index (χ2n) is 18.3. The normalized spacial score (nSPS) is 20.7.